The lowest BCUT2D eigenvalue weighted by molar-refractivity contribution is -0.137. The first-order chi connectivity index (χ1) is 7.43. The molecule has 1 N–H and O–H groups in total. The zero-order chi connectivity index (χ0) is 12.7. The van der Waals surface area contributed by atoms with Gasteiger partial charge in [-0.2, -0.15) is 0 Å². The van der Waals surface area contributed by atoms with Crippen molar-refractivity contribution in [1.29, 1.82) is 0 Å². The van der Waals surface area contributed by atoms with Crippen LogP contribution in [0.1, 0.15) is 33.1 Å². The van der Waals surface area contributed by atoms with Crippen molar-refractivity contribution in [1.82, 2.24) is 9.80 Å². The quantitative estimate of drug-likeness (QED) is 0.754. The van der Waals surface area contributed by atoms with E-state index < -0.39 is 5.97 Å². The number of rotatable bonds is 6. The average Bonchev–Trinajstić information content (AvgIpc) is 2.26. The highest BCUT2D eigenvalue weighted by Crippen LogP contribution is 2.08. The number of carbonyl (C=O) groups excluding carboxylic acids is 1. The first-order valence-electron chi connectivity index (χ1n) is 5.63. The van der Waals surface area contributed by atoms with Crippen molar-refractivity contribution in [3.8, 4) is 0 Å². The zero-order valence-corrected chi connectivity index (χ0v) is 10.6. The van der Waals surface area contributed by atoms with Crippen molar-refractivity contribution in [3.05, 3.63) is 0 Å². The Kier molecular flexibility index (Phi) is 6.53. The maximum atomic E-state index is 11.9. The van der Waals surface area contributed by atoms with Gasteiger partial charge < -0.3 is 14.9 Å². The van der Waals surface area contributed by atoms with Gasteiger partial charge in [0.1, 0.15) is 0 Å². The van der Waals surface area contributed by atoms with E-state index in [1.807, 2.05) is 13.8 Å². The Morgan fingerprint density at radius 2 is 1.69 bits per heavy atom. The van der Waals surface area contributed by atoms with Crippen molar-refractivity contribution >= 4 is 12.0 Å². The maximum absolute atomic E-state index is 11.9. The van der Waals surface area contributed by atoms with Crippen LogP contribution in [0.25, 0.3) is 0 Å². The summed E-state index contributed by atoms with van der Waals surface area (Å²) < 4.78 is 0. The minimum absolute atomic E-state index is 0.0149. The van der Waals surface area contributed by atoms with Crippen LogP contribution >= 0.6 is 0 Å². The summed E-state index contributed by atoms with van der Waals surface area (Å²) in [6.07, 6.45) is 1.80. The minimum atomic E-state index is -0.884. The Hall–Kier alpha value is -1.26. The van der Waals surface area contributed by atoms with Crippen LogP contribution in [0, 0.1) is 0 Å². The molecule has 0 aliphatic carbocycles. The lowest BCUT2D eigenvalue weighted by Gasteiger charge is -2.30. The Morgan fingerprint density at radius 3 is 2.06 bits per heavy atom. The third-order valence-electron chi connectivity index (χ3n) is 2.78. The molecule has 0 aromatic heterocycles. The normalized spacial score (nSPS) is 10.3. The molecule has 0 fully saturated rings. The smallest absolute Gasteiger partial charge is 0.319 e. The molecule has 0 aliphatic heterocycles. The van der Waals surface area contributed by atoms with E-state index in [1.54, 1.807) is 19.0 Å². The van der Waals surface area contributed by atoms with Crippen LogP contribution in [-0.4, -0.2) is 53.6 Å². The van der Waals surface area contributed by atoms with Gasteiger partial charge in [-0.1, -0.05) is 13.8 Å². The van der Waals surface area contributed by atoms with Crippen molar-refractivity contribution in [2.45, 2.75) is 39.2 Å². The highest BCUT2D eigenvalue weighted by Gasteiger charge is 2.20. The summed E-state index contributed by atoms with van der Waals surface area (Å²) in [6.45, 7) is 4.32. The Bertz CT molecular complexity index is 239. The van der Waals surface area contributed by atoms with Crippen LogP contribution in [0.5, 0.6) is 0 Å². The van der Waals surface area contributed by atoms with E-state index >= 15 is 0 Å². The molecule has 0 radical (unpaired) electrons. The van der Waals surface area contributed by atoms with Gasteiger partial charge in [0.25, 0.3) is 0 Å². The summed E-state index contributed by atoms with van der Waals surface area (Å²) in [6, 6.07) is 0.106. The number of urea groups is 1. The van der Waals surface area contributed by atoms with Crippen LogP contribution in [0.3, 0.4) is 0 Å². The number of hydrogen-bond donors (Lipinski definition) is 1. The Balaban J connectivity index is 4.25. The highest BCUT2D eigenvalue weighted by molar-refractivity contribution is 5.75. The molecule has 0 unspecified atom stereocenters. The van der Waals surface area contributed by atoms with Crippen LogP contribution in [0.2, 0.25) is 0 Å². The zero-order valence-electron chi connectivity index (χ0n) is 10.6. The number of hydrogen-bond acceptors (Lipinski definition) is 2. The van der Waals surface area contributed by atoms with Gasteiger partial charge in [0.05, 0.1) is 6.42 Å². The maximum Gasteiger partial charge on any atom is 0.319 e. The van der Waals surface area contributed by atoms with Gasteiger partial charge in [-0.25, -0.2) is 4.79 Å². The number of nitrogens with zero attached hydrogens (tertiary/aromatic N) is 2. The molecule has 0 saturated heterocycles. The van der Waals surface area contributed by atoms with E-state index in [0.717, 1.165) is 12.8 Å². The lowest BCUT2D eigenvalue weighted by atomic mass is 10.1. The molecule has 0 aromatic carbocycles. The average molecular weight is 230 g/mol. The fraction of sp³-hybridized carbons (Fsp3) is 0.818. The third kappa shape index (κ3) is 4.51. The summed E-state index contributed by atoms with van der Waals surface area (Å²) >= 11 is 0. The molecule has 0 rings (SSSR count). The molecule has 0 saturated carbocycles. The van der Waals surface area contributed by atoms with Gasteiger partial charge in [0.15, 0.2) is 0 Å². The fourth-order valence-electron chi connectivity index (χ4n) is 1.62. The Morgan fingerprint density at radius 1 is 1.19 bits per heavy atom. The van der Waals surface area contributed by atoms with Crippen LogP contribution in [0.15, 0.2) is 0 Å². The molecule has 0 bridgehead atoms. The fourth-order valence-corrected chi connectivity index (χ4v) is 1.62. The van der Waals surface area contributed by atoms with Gasteiger partial charge >= 0.3 is 12.0 Å². The largest absolute Gasteiger partial charge is 0.481 e. The summed E-state index contributed by atoms with van der Waals surface area (Å²) in [7, 11) is 3.39. The first-order valence-corrected chi connectivity index (χ1v) is 5.63. The van der Waals surface area contributed by atoms with E-state index in [1.165, 1.54) is 4.90 Å². The molecule has 5 nitrogen and oxygen atoms in total. The number of carbonyl (C=O) groups is 2. The van der Waals surface area contributed by atoms with Crippen LogP contribution in [-0.2, 0) is 4.79 Å². The summed E-state index contributed by atoms with van der Waals surface area (Å²) in [5.74, 6) is -0.884. The van der Waals surface area contributed by atoms with Crippen LogP contribution in [0.4, 0.5) is 4.79 Å². The first kappa shape index (κ1) is 14.7. The predicted octanol–water partition coefficient (Wildman–Crippen LogP) is 1.63. The van der Waals surface area contributed by atoms with E-state index in [9.17, 15) is 9.59 Å². The van der Waals surface area contributed by atoms with Gasteiger partial charge in [-0.3, -0.25) is 4.79 Å². The summed E-state index contributed by atoms with van der Waals surface area (Å²) in [5.41, 5.74) is 0. The van der Waals surface area contributed by atoms with Crippen molar-refractivity contribution < 1.29 is 14.7 Å². The molecule has 0 aromatic rings. The molecule has 0 aliphatic rings. The number of aliphatic carboxylic acids is 1. The van der Waals surface area contributed by atoms with E-state index in [2.05, 4.69) is 0 Å². The minimum Gasteiger partial charge on any atom is -0.481 e. The third-order valence-corrected chi connectivity index (χ3v) is 2.78. The van der Waals surface area contributed by atoms with Gasteiger partial charge in [0, 0.05) is 26.7 Å². The van der Waals surface area contributed by atoms with Gasteiger partial charge in [0.2, 0.25) is 0 Å². The molecular weight excluding hydrogens is 208 g/mol. The summed E-state index contributed by atoms with van der Waals surface area (Å²) in [4.78, 5) is 25.4. The summed E-state index contributed by atoms with van der Waals surface area (Å²) in [5, 5.41) is 8.53. The molecule has 0 heterocycles. The second kappa shape index (κ2) is 7.09. The number of carboxylic acid groups (broad SMARTS) is 1. The van der Waals surface area contributed by atoms with Crippen molar-refractivity contribution in [2.75, 3.05) is 20.6 Å². The predicted molar refractivity (Wildman–Crippen MR) is 62.4 cm³/mol. The Labute approximate surface area is 97.0 Å². The second-order valence-electron chi connectivity index (χ2n) is 3.93. The van der Waals surface area contributed by atoms with E-state index in [0.29, 0.717) is 0 Å². The molecule has 0 spiro atoms. The molecular formula is C11H22N2O3. The highest BCUT2D eigenvalue weighted by atomic mass is 16.4. The van der Waals surface area contributed by atoms with E-state index in [4.69, 9.17) is 5.11 Å². The molecule has 0 atom stereocenters. The molecule has 94 valence electrons. The number of carboxylic acids is 1. The van der Waals surface area contributed by atoms with Crippen LogP contribution < -0.4 is 0 Å². The monoisotopic (exact) mass is 230 g/mol. The number of amides is 2. The molecule has 2 amide bonds. The van der Waals surface area contributed by atoms with Gasteiger partial charge in [-0.15, -0.1) is 0 Å². The van der Waals surface area contributed by atoms with E-state index in [-0.39, 0.29) is 25.0 Å². The van der Waals surface area contributed by atoms with Crippen molar-refractivity contribution in [2.24, 2.45) is 0 Å². The van der Waals surface area contributed by atoms with Crippen molar-refractivity contribution in [3.63, 3.8) is 0 Å². The topological polar surface area (TPSA) is 60.9 Å². The molecule has 16 heavy (non-hydrogen) atoms. The lowest BCUT2D eigenvalue weighted by Crippen LogP contribution is -2.44. The SMILES string of the molecule is CCC(CC)N(C)C(=O)N(C)CCC(=O)O. The second-order valence-corrected chi connectivity index (χ2v) is 3.93. The molecule has 5 heteroatoms. The van der Waals surface area contributed by atoms with Gasteiger partial charge in [-0.05, 0) is 12.8 Å². The standard InChI is InChI=1S/C11H22N2O3/c1-5-9(6-2)13(4)11(16)12(3)8-7-10(14)15/h9H,5-8H2,1-4H3,(H,14,15).